The van der Waals surface area contributed by atoms with E-state index in [0.29, 0.717) is 0 Å². The van der Waals surface area contributed by atoms with Crippen LogP contribution >= 0.6 is 70.6 Å². The summed E-state index contributed by atoms with van der Waals surface area (Å²) in [5.74, 6) is 2.38. The molecule has 0 spiro atoms. The highest BCUT2D eigenvalue weighted by molar-refractivity contribution is 8.45. The highest BCUT2D eigenvalue weighted by Crippen LogP contribution is 2.58. The van der Waals surface area contributed by atoms with E-state index in [1.54, 1.807) is 23.5 Å². The molecule has 5 rings (SSSR count). The highest BCUT2D eigenvalue weighted by Gasteiger charge is 2.26. The normalized spacial score (nSPS) is 15.8. The predicted octanol–water partition coefficient (Wildman–Crippen LogP) is 10.0. The number of aliphatic hydroxyl groups is 2. The van der Waals surface area contributed by atoms with E-state index in [4.69, 9.17) is 0 Å². The first-order valence-corrected chi connectivity index (χ1v) is 20.3. The molecule has 2 heterocycles. The minimum absolute atomic E-state index is 0.0420. The molecule has 0 radical (unpaired) electrons. The van der Waals surface area contributed by atoms with E-state index in [0.717, 1.165) is 14.0 Å². The summed E-state index contributed by atoms with van der Waals surface area (Å²) in [6.45, 7) is 4.48. The second kappa shape index (κ2) is 16.6. The van der Waals surface area contributed by atoms with Crippen LogP contribution in [0.4, 0.5) is 0 Å². The van der Waals surface area contributed by atoms with Gasteiger partial charge in [-0.15, -0.1) is 23.5 Å². The lowest BCUT2D eigenvalue weighted by Gasteiger charge is -2.11. The van der Waals surface area contributed by atoms with Crippen LogP contribution in [0.2, 0.25) is 0 Å². The molecule has 8 heteroatoms. The van der Waals surface area contributed by atoms with Gasteiger partial charge in [0.2, 0.25) is 0 Å². The number of benzene rings is 3. The Labute approximate surface area is 276 Å². The van der Waals surface area contributed by atoms with Gasteiger partial charge in [-0.05, 0) is 45.9 Å². The number of rotatable bonds is 14. The summed E-state index contributed by atoms with van der Waals surface area (Å²) in [7, 11) is 0. The first kappa shape index (κ1) is 32.8. The molecule has 42 heavy (non-hydrogen) atoms. The number of fused-ring (bicyclic) bond motifs is 2. The minimum atomic E-state index is -0.0420. The van der Waals surface area contributed by atoms with Crippen molar-refractivity contribution in [1.82, 2.24) is 0 Å². The minimum Gasteiger partial charge on any atom is -0.391 e. The van der Waals surface area contributed by atoms with Crippen LogP contribution in [-0.2, 0) is 0 Å². The zero-order chi connectivity index (χ0) is 29.3. The molecule has 0 unspecified atom stereocenters. The van der Waals surface area contributed by atoms with Gasteiger partial charge in [0, 0.05) is 20.2 Å². The summed E-state index contributed by atoms with van der Waals surface area (Å²) in [5.41, 5.74) is 0. The second-order valence-corrected chi connectivity index (χ2v) is 17.9. The van der Waals surface area contributed by atoms with Gasteiger partial charge < -0.3 is 10.2 Å². The third-order valence-corrected chi connectivity index (χ3v) is 15.7. The molecule has 2 aliphatic rings. The van der Waals surface area contributed by atoms with Gasteiger partial charge in [0.05, 0.1) is 30.2 Å². The van der Waals surface area contributed by atoms with Gasteiger partial charge in [-0.1, -0.05) is 148 Å². The van der Waals surface area contributed by atoms with Crippen molar-refractivity contribution in [2.75, 3.05) is 24.7 Å². The Morgan fingerprint density at radius 3 is 1.26 bits per heavy atom. The molecule has 0 fully saturated rings. The Kier molecular flexibility index (Phi) is 13.0. The second-order valence-electron chi connectivity index (χ2n) is 10.4. The fraction of sp³-hybridized carbons (Fsp3) is 0.412. The lowest BCUT2D eigenvalue weighted by molar-refractivity contribution is 0.324. The van der Waals surface area contributed by atoms with Gasteiger partial charge in [-0.25, -0.2) is 0 Å². The molecule has 2 nitrogen and oxygen atoms in total. The fourth-order valence-corrected chi connectivity index (χ4v) is 13.9. The lowest BCUT2D eigenvalue weighted by Crippen LogP contribution is -2.16. The first-order chi connectivity index (χ1) is 20.7. The summed E-state index contributed by atoms with van der Waals surface area (Å²) in [5, 5.41) is 27.5. The topological polar surface area (TPSA) is 40.5 Å². The maximum Gasteiger partial charge on any atom is 0.0753 e. The molecule has 0 amide bonds. The van der Waals surface area contributed by atoms with Crippen LogP contribution in [0.25, 0.3) is 30.0 Å². The fourth-order valence-electron chi connectivity index (χ4n) is 5.21. The van der Waals surface area contributed by atoms with Crippen molar-refractivity contribution in [3.8, 4) is 0 Å². The van der Waals surface area contributed by atoms with E-state index >= 15 is 0 Å². The predicted molar refractivity (Wildman–Crippen MR) is 199 cm³/mol. The average molecular weight is 673 g/mol. The summed E-state index contributed by atoms with van der Waals surface area (Å²) in [4.78, 5) is 1.72. The molecule has 3 aromatic rings. The number of aliphatic hydroxyl groups excluding tert-OH is 2. The molecule has 3 aromatic carbocycles. The van der Waals surface area contributed by atoms with Crippen LogP contribution in [-0.4, -0.2) is 34.9 Å². The molecule has 2 aliphatic heterocycles. The maximum absolute atomic E-state index is 9.97. The van der Waals surface area contributed by atoms with Gasteiger partial charge in [0.15, 0.2) is 0 Å². The van der Waals surface area contributed by atoms with Gasteiger partial charge >= 0.3 is 0 Å². The molecular weight excluding hydrogens is 633 g/mol. The van der Waals surface area contributed by atoms with Crippen molar-refractivity contribution < 1.29 is 10.2 Å². The largest absolute Gasteiger partial charge is 0.391 e. The zero-order valence-electron chi connectivity index (χ0n) is 24.4. The van der Waals surface area contributed by atoms with Gasteiger partial charge in [0.25, 0.3) is 0 Å². The standard InChI is InChI=1S/C34H40O2S6/c1-3-5-7-13-19-37-33-34(38-20-14-8-6-4-2)42-32(41-33)30-25-17-11-9-15-23(25)29(24-16-10-12-18-26(24)30)31-39-27(21-35)28(22-36)40-31/h9-12,15-18,35-36H,3-8,13-14,19-22H2,1-2H3. The smallest absolute Gasteiger partial charge is 0.0753 e. The van der Waals surface area contributed by atoms with Crippen molar-refractivity contribution in [2.45, 2.75) is 65.2 Å². The summed E-state index contributed by atoms with van der Waals surface area (Å²) in [6, 6.07) is 17.6. The first-order valence-electron chi connectivity index (χ1n) is 15.0. The summed E-state index contributed by atoms with van der Waals surface area (Å²) < 4.78 is 5.52. The van der Waals surface area contributed by atoms with Crippen LogP contribution < -0.4 is 10.4 Å². The third-order valence-electron chi connectivity index (χ3n) is 7.37. The zero-order valence-corrected chi connectivity index (χ0v) is 29.3. The lowest BCUT2D eigenvalue weighted by atomic mass is 9.99. The Balaban J connectivity index is 1.60. The quantitative estimate of drug-likeness (QED) is 0.130. The molecule has 0 saturated heterocycles. The van der Waals surface area contributed by atoms with Crippen molar-refractivity contribution in [2.24, 2.45) is 0 Å². The van der Waals surface area contributed by atoms with Crippen LogP contribution in [0.15, 0.2) is 66.8 Å². The summed E-state index contributed by atoms with van der Waals surface area (Å²) in [6.07, 6.45) is 10.4. The van der Waals surface area contributed by atoms with Gasteiger partial charge in [-0.2, -0.15) is 0 Å². The van der Waals surface area contributed by atoms with E-state index in [9.17, 15) is 10.2 Å². The van der Waals surface area contributed by atoms with Crippen LogP contribution in [0.1, 0.15) is 65.2 Å². The molecule has 0 aromatic heterocycles. The number of hydrogen-bond donors (Lipinski definition) is 2. The number of unbranched alkanes of at least 4 members (excludes halogenated alkanes) is 6. The number of thioether (sulfide) groups is 6. The van der Waals surface area contributed by atoms with Crippen molar-refractivity contribution in [3.63, 3.8) is 0 Å². The van der Waals surface area contributed by atoms with E-state index in [1.807, 2.05) is 23.5 Å². The molecule has 0 aliphatic carbocycles. The number of hydrogen-bond acceptors (Lipinski definition) is 8. The van der Waals surface area contributed by atoms with E-state index in [-0.39, 0.29) is 13.2 Å². The molecule has 224 valence electrons. The molecule has 0 saturated carbocycles. The maximum atomic E-state index is 9.97. The Morgan fingerprint density at radius 2 is 0.905 bits per heavy atom. The molecular formula is C34H40O2S6. The van der Waals surface area contributed by atoms with E-state index in [1.165, 1.54) is 108 Å². The third kappa shape index (κ3) is 7.61. The van der Waals surface area contributed by atoms with Crippen LogP contribution in [0.3, 0.4) is 0 Å². The van der Waals surface area contributed by atoms with Crippen molar-refractivity contribution >= 4 is 101 Å². The molecule has 2 N–H and O–H groups in total. The van der Waals surface area contributed by atoms with E-state index < -0.39 is 0 Å². The Morgan fingerprint density at radius 1 is 0.524 bits per heavy atom. The van der Waals surface area contributed by atoms with Crippen molar-refractivity contribution in [3.05, 3.63) is 77.3 Å². The van der Waals surface area contributed by atoms with Crippen molar-refractivity contribution in [1.29, 1.82) is 0 Å². The Bertz CT molecular complexity index is 1480. The Hall–Kier alpha value is -0.580. The SMILES string of the molecule is CCCCCCSC1=C(SCCCCCC)SC(=c2c3ccccc3c(=C3SC(CO)=C(CO)S3)c3ccccc23)S1. The van der Waals surface area contributed by atoms with E-state index in [2.05, 4.69) is 85.9 Å². The van der Waals surface area contributed by atoms with Crippen LogP contribution in [0.5, 0.6) is 0 Å². The highest BCUT2D eigenvalue weighted by atomic mass is 32.3. The van der Waals surface area contributed by atoms with Gasteiger partial charge in [-0.3, -0.25) is 0 Å². The van der Waals surface area contributed by atoms with Crippen LogP contribution in [0, 0.1) is 0 Å². The van der Waals surface area contributed by atoms with Gasteiger partial charge in [0.1, 0.15) is 0 Å². The molecule has 0 atom stereocenters. The molecule has 0 bridgehead atoms. The monoisotopic (exact) mass is 672 g/mol. The summed E-state index contributed by atoms with van der Waals surface area (Å²) >= 11 is 11.3. The average Bonchev–Trinajstić information content (AvgIpc) is 3.63.